The third kappa shape index (κ3) is 4.71. The quantitative estimate of drug-likeness (QED) is 0.725. The molecule has 1 aromatic heterocycles. The number of hydrogen-bond acceptors (Lipinski definition) is 3. The van der Waals surface area contributed by atoms with Crippen molar-refractivity contribution in [3.63, 3.8) is 0 Å². The van der Waals surface area contributed by atoms with E-state index in [9.17, 15) is 5.11 Å². The second-order valence-electron chi connectivity index (χ2n) is 3.64. The van der Waals surface area contributed by atoms with Crippen LogP contribution in [0, 0.1) is 0 Å². The Morgan fingerprint density at radius 3 is 2.93 bits per heavy atom. The fraction of sp³-hybridized carbons (Fsp3) is 0.727. The van der Waals surface area contributed by atoms with Crippen molar-refractivity contribution in [1.29, 1.82) is 0 Å². The number of rotatable bonds is 7. The van der Waals surface area contributed by atoms with Crippen molar-refractivity contribution in [2.24, 2.45) is 0 Å². The first-order valence-electron chi connectivity index (χ1n) is 5.53. The minimum Gasteiger partial charge on any atom is -0.392 e. The monoisotopic (exact) mass is 228 g/mol. The molecule has 0 saturated heterocycles. The van der Waals surface area contributed by atoms with Gasteiger partial charge in [-0.15, -0.1) is 0 Å². The second-order valence-corrected chi connectivity index (χ2v) is 4.79. The van der Waals surface area contributed by atoms with Crippen molar-refractivity contribution in [3.8, 4) is 0 Å². The SMILES string of the molecule is CCCSCC(O)Cc1cnn(CC)c1. The minimum atomic E-state index is -0.240. The Morgan fingerprint density at radius 2 is 2.33 bits per heavy atom. The molecule has 0 aliphatic carbocycles. The van der Waals surface area contributed by atoms with Gasteiger partial charge in [0, 0.05) is 24.9 Å². The zero-order chi connectivity index (χ0) is 11.1. The summed E-state index contributed by atoms with van der Waals surface area (Å²) in [5.41, 5.74) is 1.13. The average Bonchev–Trinajstić information content (AvgIpc) is 2.66. The molecule has 1 heterocycles. The Hall–Kier alpha value is -0.480. The van der Waals surface area contributed by atoms with Gasteiger partial charge >= 0.3 is 0 Å². The van der Waals surface area contributed by atoms with Gasteiger partial charge in [0.2, 0.25) is 0 Å². The first-order valence-corrected chi connectivity index (χ1v) is 6.68. The van der Waals surface area contributed by atoms with Gasteiger partial charge in [-0.1, -0.05) is 6.92 Å². The molecule has 0 bridgehead atoms. The van der Waals surface area contributed by atoms with E-state index in [-0.39, 0.29) is 6.10 Å². The Bertz CT molecular complexity index is 275. The topological polar surface area (TPSA) is 38.1 Å². The van der Waals surface area contributed by atoms with E-state index in [4.69, 9.17) is 0 Å². The number of aliphatic hydroxyl groups excluding tert-OH is 1. The summed E-state index contributed by atoms with van der Waals surface area (Å²) in [6.45, 7) is 5.11. The van der Waals surface area contributed by atoms with Gasteiger partial charge in [0.15, 0.2) is 0 Å². The fourth-order valence-electron chi connectivity index (χ4n) is 1.38. The molecule has 1 aromatic rings. The molecular weight excluding hydrogens is 208 g/mol. The Labute approximate surface area is 95.9 Å². The number of thioether (sulfide) groups is 1. The standard InChI is InChI=1S/C11H20N2OS/c1-3-5-15-9-11(14)6-10-7-12-13(4-2)8-10/h7-8,11,14H,3-6,9H2,1-2H3. The molecule has 1 N–H and O–H groups in total. The molecule has 0 spiro atoms. The summed E-state index contributed by atoms with van der Waals surface area (Å²) in [6, 6.07) is 0. The van der Waals surface area contributed by atoms with E-state index in [1.54, 1.807) is 0 Å². The van der Waals surface area contributed by atoms with Crippen molar-refractivity contribution in [2.75, 3.05) is 11.5 Å². The molecule has 86 valence electrons. The lowest BCUT2D eigenvalue weighted by Crippen LogP contribution is -2.13. The maximum Gasteiger partial charge on any atom is 0.0672 e. The first kappa shape index (κ1) is 12.6. The van der Waals surface area contributed by atoms with Crippen LogP contribution in [0.1, 0.15) is 25.8 Å². The van der Waals surface area contributed by atoms with E-state index in [0.717, 1.165) is 30.0 Å². The van der Waals surface area contributed by atoms with E-state index in [1.807, 2.05) is 28.8 Å². The van der Waals surface area contributed by atoms with Gasteiger partial charge < -0.3 is 5.11 Å². The van der Waals surface area contributed by atoms with Crippen LogP contribution in [0.5, 0.6) is 0 Å². The van der Waals surface area contributed by atoms with Crippen LogP contribution in [-0.4, -0.2) is 32.5 Å². The van der Waals surface area contributed by atoms with Crippen molar-refractivity contribution in [2.45, 2.75) is 39.3 Å². The Morgan fingerprint density at radius 1 is 1.53 bits per heavy atom. The van der Waals surface area contributed by atoms with Crippen LogP contribution in [-0.2, 0) is 13.0 Å². The molecule has 1 atom stereocenters. The molecule has 0 radical (unpaired) electrons. The number of aromatic nitrogens is 2. The highest BCUT2D eigenvalue weighted by Gasteiger charge is 2.07. The molecule has 0 fully saturated rings. The highest BCUT2D eigenvalue weighted by atomic mass is 32.2. The van der Waals surface area contributed by atoms with Crippen molar-refractivity contribution >= 4 is 11.8 Å². The van der Waals surface area contributed by atoms with Crippen LogP contribution >= 0.6 is 11.8 Å². The average molecular weight is 228 g/mol. The molecule has 0 amide bonds. The number of nitrogens with zero attached hydrogens (tertiary/aromatic N) is 2. The van der Waals surface area contributed by atoms with Gasteiger partial charge in [-0.3, -0.25) is 4.68 Å². The van der Waals surface area contributed by atoms with Crippen LogP contribution in [0.2, 0.25) is 0 Å². The highest BCUT2D eigenvalue weighted by Crippen LogP contribution is 2.09. The third-order valence-electron chi connectivity index (χ3n) is 2.14. The zero-order valence-corrected chi connectivity index (χ0v) is 10.3. The summed E-state index contributed by atoms with van der Waals surface area (Å²) >= 11 is 1.82. The molecule has 1 unspecified atom stereocenters. The van der Waals surface area contributed by atoms with Crippen molar-refractivity contribution in [3.05, 3.63) is 18.0 Å². The molecule has 15 heavy (non-hydrogen) atoms. The van der Waals surface area contributed by atoms with E-state index in [2.05, 4.69) is 18.9 Å². The molecule has 0 aliphatic rings. The lowest BCUT2D eigenvalue weighted by atomic mass is 10.2. The van der Waals surface area contributed by atoms with Gasteiger partial charge in [-0.2, -0.15) is 16.9 Å². The van der Waals surface area contributed by atoms with Crippen LogP contribution in [0.3, 0.4) is 0 Å². The predicted molar refractivity (Wildman–Crippen MR) is 65.2 cm³/mol. The first-order chi connectivity index (χ1) is 7.26. The van der Waals surface area contributed by atoms with Crippen molar-refractivity contribution in [1.82, 2.24) is 9.78 Å². The molecular formula is C11H20N2OS. The summed E-state index contributed by atoms with van der Waals surface area (Å²) in [7, 11) is 0. The minimum absolute atomic E-state index is 0.240. The summed E-state index contributed by atoms with van der Waals surface area (Å²) in [5.74, 6) is 1.95. The van der Waals surface area contributed by atoms with Crippen molar-refractivity contribution < 1.29 is 5.11 Å². The van der Waals surface area contributed by atoms with Gasteiger partial charge in [-0.25, -0.2) is 0 Å². The largest absolute Gasteiger partial charge is 0.392 e. The van der Waals surface area contributed by atoms with Gasteiger partial charge in [0.25, 0.3) is 0 Å². The molecule has 0 aromatic carbocycles. The lowest BCUT2D eigenvalue weighted by Gasteiger charge is -2.07. The lowest BCUT2D eigenvalue weighted by molar-refractivity contribution is 0.200. The van der Waals surface area contributed by atoms with Gasteiger partial charge in [0.05, 0.1) is 12.3 Å². The number of aryl methyl sites for hydroxylation is 1. The summed E-state index contributed by atoms with van der Waals surface area (Å²) in [4.78, 5) is 0. The third-order valence-corrected chi connectivity index (χ3v) is 3.46. The molecule has 1 rings (SSSR count). The van der Waals surface area contributed by atoms with E-state index in [1.165, 1.54) is 6.42 Å². The van der Waals surface area contributed by atoms with Crippen LogP contribution in [0.25, 0.3) is 0 Å². The van der Waals surface area contributed by atoms with E-state index >= 15 is 0 Å². The van der Waals surface area contributed by atoms with Gasteiger partial charge in [-0.05, 0) is 24.7 Å². The predicted octanol–water partition coefficient (Wildman–Crippen LogP) is 1.95. The van der Waals surface area contributed by atoms with Crippen LogP contribution < -0.4 is 0 Å². The Kier molecular flexibility index (Phi) is 5.79. The maximum atomic E-state index is 9.75. The number of hydrogen-bond donors (Lipinski definition) is 1. The van der Waals surface area contributed by atoms with E-state index < -0.39 is 0 Å². The highest BCUT2D eigenvalue weighted by molar-refractivity contribution is 7.99. The van der Waals surface area contributed by atoms with Gasteiger partial charge in [0.1, 0.15) is 0 Å². The smallest absolute Gasteiger partial charge is 0.0672 e. The molecule has 3 nitrogen and oxygen atoms in total. The fourth-order valence-corrected chi connectivity index (χ4v) is 2.22. The van der Waals surface area contributed by atoms with Crippen LogP contribution in [0.15, 0.2) is 12.4 Å². The zero-order valence-electron chi connectivity index (χ0n) is 9.52. The van der Waals surface area contributed by atoms with Crippen LogP contribution in [0.4, 0.5) is 0 Å². The second kappa shape index (κ2) is 6.90. The number of aliphatic hydroxyl groups is 1. The molecule has 0 saturated carbocycles. The molecule has 4 heteroatoms. The molecule has 0 aliphatic heterocycles. The normalized spacial score (nSPS) is 13.0. The summed E-state index contributed by atoms with van der Waals surface area (Å²) < 4.78 is 1.89. The Balaban J connectivity index is 2.27. The summed E-state index contributed by atoms with van der Waals surface area (Å²) in [5, 5.41) is 13.9. The summed E-state index contributed by atoms with van der Waals surface area (Å²) in [6.07, 6.45) is 5.50. The maximum absolute atomic E-state index is 9.75. The van der Waals surface area contributed by atoms with E-state index in [0.29, 0.717) is 0 Å².